The number of aliphatic hydroxyl groups excluding tert-OH is 1. The average molecular weight is 322 g/mol. The van der Waals surface area contributed by atoms with Crippen molar-refractivity contribution in [1.82, 2.24) is 9.55 Å². The molecular weight excluding hydrogens is 303 g/mol. The summed E-state index contributed by atoms with van der Waals surface area (Å²) in [5, 5.41) is 10.3. The molecule has 0 radical (unpaired) electrons. The Hall–Kier alpha value is -1.99. The summed E-state index contributed by atoms with van der Waals surface area (Å²) in [4.78, 5) is 26.1. The van der Waals surface area contributed by atoms with Crippen LogP contribution in [0.2, 0.25) is 0 Å². The second kappa shape index (κ2) is 5.90. The number of ether oxygens (including phenoxy) is 1. The first-order valence-electron chi connectivity index (χ1n) is 7.58. The molecule has 0 amide bonds. The van der Waals surface area contributed by atoms with Gasteiger partial charge in [0.05, 0.1) is 6.10 Å². The van der Waals surface area contributed by atoms with Crippen LogP contribution in [0.1, 0.15) is 32.4 Å². The van der Waals surface area contributed by atoms with Gasteiger partial charge in [-0.25, -0.2) is 13.8 Å². The molecule has 1 aromatic rings. The van der Waals surface area contributed by atoms with E-state index in [1.165, 1.54) is 6.20 Å². The molecule has 0 spiro atoms. The van der Waals surface area contributed by atoms with Crippen LogP contribution in [0.3, 0.4) is 0 Å². The van der Waals surface area contributed by atoms with E-state index in [2.05, 4.69) is 4.98 Å². The van der Waals surface area contributed by atoms with Crippen LogP contribution in [0.25, 0.3) is 0 Å². The van der Waals surface area contributed by atoms with Gasteiger partial charge in [0, 0.05) is 12.3 Å². The fraction of sp³-hybridized carbons (Fsp3) is 0.500. The predicted molar refractivity (Wildman–Crippen MR) is 81.8 cm³/mol. The van der Waals surface area contributed by atoms with Crippen LogP contribution in [0.5, 0.6) is 0 Å². The van der Waals surface area contributed by atoms with E-state index in [1.54, 1.807) is 0 Å². The third-order valence-electron chi connectivity index (χ3n) is 4.40. The molecule has 1 aromatic heterocycles. The van der Waals surface area contributed by atoms with E-state index in [4.69, 9.17) is 4.74 Å². The van der Waals surface area contributed by atoms with Crippen molar-refractivity contribution < 1.29 is 14.2 Å². The first kappa shape index (κ1) is 15.9. The molecule has 0 saturated carbocycles. The van der Waals surface area contributed by atoms with Crippen molar-refractivity contribution >= 4 is 0 Å². The van der Waals surface area contributed by atoms with Crippen LogP contribution in [-0.4, -0.2) is 32.5 Å². The van der Waals surface area contributed by atoms with Gasteiger partial charge in [-0.3, -0.25) is 4.79 Å². The number of aliphatic hydroxyl groups is 1. The second-order valence-electron chi connectivity index (χ2n) is 6.11. The SMILES string of the molecule is C[C@@]1(F)[C@H](O)[C@@H](CC2=CC=CCC2)O[C@H]1n1c(=O)cc[nH]c1=O. The van der Waals surface area contributed by atoms with Gasteiger partial charge >= 0.3 is 5.69 Å². The van der Waals surface area contributed by atoms with Gasteiger partial charge in [-0.05, 0) is 26.2 Å². The summed E-state index contributed by atoms with van der Waals surface area (Å²) in [6.07, 6.45) is 5.44. The molecule has 0 unspecified atom stereocenters. The lowest BCUT2D eigenvalue weighted by molar-refractivity contribution is -0.0523. The van der Waals surface area contributed by atoms with Gasteiger partial charge in [-0.15, -0.1) is 0 Å². The minimum atomic E-state index is -2.24. The van der Waals surface area contributed by atoms with E-state index in [1.807, 2.05) is 18.2 Å². The Bertz CT molecular complexity index is 734. The van der Waals surface area contributed by atoms with Crippen molar-refractivity contribution in [3.63, 3.8) is 0 Å². The minimum Gasteiger partial charge on any atom is -0.387 e. The number of rotatable bonds is 3. The van der Waals surface area contributed by atoms with Crippen molar-refractivity contribution in [3.8, 4) is 0 Å². The Morgan fingerprint density at radius 3 is 2.96 bits per heavy atom. The van der Waals surface area contributed by atoms with E-state index in [-0.39, 0.29) is 0 Å². The van der Waals surface area contributed by atoms with Crippen molar-refractivity contribution in [1.29, 1.82) is 0 Å². The highest BCUT2D eigenvalue weighted by Crippen LogP contribution is 2.42. The lowest BCUT2D eigenvalue weighted by atomic mass is 9.92. The molecule has 2 aliphatic rings. The number of allylic oxidation sites excluding steroid dienone is 3. The molecule has 2 N–H and O–H groups in total. The maximum Gasteiger partial charge on any atom is 0.330 e. The number of hydrogen-bond acceptors (Lipinski definition) is 4. The third kappa shape index (κ3) is 2.82. The molecule has 0 bridgehead atoms. The van der Waals surface area contributed by atoms with Crippen LogP contribution in [0.15, 0.2) is 45.7 Å². The van der Waals surface area contributed by atoms with Gasteiger partial charge in [0.2, 0.25) is 0 Å². The number of H-pyrrole nitrogens is 1. The van der Waals surface area contributed by atoms with E-state index in [9.17, 15) is 19.1 Å². The molecule has 1 aliphatic carbocycles. The molecule has 7 heteroatoms. The minimum absolute atomic E-state index is 0.362. The van der Waals surface area contributed by atoms with Crippen molar-refractivity contribution in [2.45, 2.75) is 50.3 Å². The highest BCUT2D eigenvalue weighted by molar-refractivity contribution is 5.19. The number of nitrogens with zero attached hydrogens (tertiary/aromatic N) is 1. The Morgan fingerprint density at radius 1 is 1.52 bits per heavy atom. The molecule has 124 valence electrons. The van der Waals surface area contributed by atoms with E-state index in [0.29, 0.717) is 11.0 Å². The largest absolute Gasteiger partial charge is 0.387 e. The first-order valence-corrected chi connectivity index (χ1v) is 7.58. The quantitative estimate of drug-likeness (QED) is 0.875. The van der Waals surface area contributed by atoms with Gasteiger partial charge in [-0.2, -0.15) is 0 Å². The summed E-state index contributed by atoms with van der Waals surface area (Å²) in [6.45, 7) is 1.15. The maximum absolute atomic E-state index is 15.0. The summed E-state index contributed by atoms with van der Waals surface area (Å²) in [7, 11) is 0. The van der Waals surface area contributed by atoms with Crippen LogP contribution >= 0.6 is 0 Å². The van der Waals surface area contributed by atoms with Crippen LogP contribution < -0.4 is 11.2 Å². The Morgan fingerprint density at radius 2 is 2.30 bits per heavy atom. The van der Waals surface area contributed by atoms with Crippen molar-refractivity contribution in [2.75, 3.05) is 0 Å². The topological polar surface area (TPSA) is 84.3 Å². The summed E-state index contributed by atoms with van der Waals surface area (Å²) < 4.78 is 21.3. The van der Waals surface area contributed by atoms with Gasteiger partial charge < -0.3 is 14.8 Å². The zero-order chi connectivity index (χ0) is 16.6. The van der Waals surface area contributed by atoms with Crippen molar-refractivity contribution in [2.24, 2.45) is 0 Å². The van der Waals surface area contributed by atoms with Gasteiger partial charge in [0.1, 0.15) is 6.10 Å². The summed E-state index contributed by atoms with van der Waals surface area (Å²) in [5.41, 5.74) is -2.63. The molecule has 1 aliphatic heterocycles. The molecule has 2 heterocycles. The number of alkyl halides is 1. The van der Waals surface area contributed by atoms with Crippen LogP contribution in [0.4, 0.5) is 4.39 Å². The predicted octanol–water partition coefficient (Wildman–Crippen LogP) is 1.19. The molecule has 6 nitrogen and oxygen atoms in total. The Kier molecular flexibility index (Phi) is 4.08. The Labute approximate surface area is 131 Å². The molecule has 3 rings (SSSR count). The molecule has 23 heavy (non-hydrogen) atoms. The molecule has 0 aromatic carbocycles. The van der Waals surface area contributed by atoms with E-state index in [0.717, 1.165) is 31.4 Å². The smallest absolute Gasteiger partial charge is 0.330 e. The fourth-order valence-electron chi connectivity index (χ4n) is 3.09. The molecular formula is C16H19FN2O4. The normalized spacial score (nSPS) is 33.7. The monoisotopic (exact) mass is 322 g/mol. The van der Waals surface area contributed by atoms with E-state index >= 15 is 0 Å². The summed E-state index contributed by atoms with van der Waals surface area (Å²) >= 11 is 0. The van der Waals surface area contributed by atoms with Gasteiger partial charge in [0.25, 0.3) is 5.56 Å². The lowest BCUT2D eigenvalue weighted by Crippen LogP contribution is -2.46. The molecule has 1 saturated heterocycles. The first-order chi connectivity index (χ1) is 10.9. The Balaban J connectivity index is 1.91. The highest BCUT2D eigenvalue weighted by atomic mass is 19.1. The fourth-order valence-corrected chi connectivity index (χ4v) is 3.09. The molecule has 1 fully saturated rings. The summed E-state index contributed by atoms with van der Waals surface area (Å²) in [5.74, 6) is 0. The standard InChI is InChI=1S/C16H19FN2O4/c1-16(17)13(21)11(9-10-5-3-2-4-6-10)23-14(16)19-12(20)7-8-18-15(19)22/h2-3,5,7-8,11,13-14,21H,4,6,9H2,1H3,(H,18,22)/t11-,13-,14-,16-/m1/s1. The van der Waals surface area contributed by atoms with Crippen LogP contribution in [-0.2, 0) is 4.74 Å². The highest BCUT2D eigenvalue weighted by Gasteiger charge is 2.55. The number of aromatic amines is 1. The van der Waals surface area contributed by atoms with Gasteiger partial charge in [-0.1, -0.05) is 23.8 Å². The second-order valence-corrected chi connectivity index (χ2v) is 6.11. The maximum atomic E-state index is 15.0. The number of halogens is 1. The number of nitrogens with one attached hydrogen (secondary N) is 1. The van der Waals surface area contributed by atoms with Crippen molar-refractivity contribution in [3.05, 3.63) is 56.9 Å². The van der Waals surface area contributed by atoms with E-state index < -0.39 is 35.4 Å². The molecule has 4 atom stereocenters. The van der Waals surface area contributed by atoms with Gasteiger partial charge in [0.15, 0.2) is 11.9 Å². The number of aromatic nitrogens is 2. The summed E-state index contributed by atoms with van der Waals surface area (Å²) in [6, 6.07) is 1.12. The lowest BCUT2D eigenvalue weighted by Gasteiger charge is -2.24. The van der Waals surface area contributed by atoms with Crippen LogP contribution in [0, 0.1) is 0 Å². The third-order valence-corrected chi connectivity index (χ3v) is 4.40. The number of hydrogen-bond donors (Lipinski definition) is 2. The zero-order valence-electron chi connectivity index (χ0n) is 12.7. The zero-order valence-corrected chi connectivity index (χ0v) is 12.7. The average Bonchev–Trinajstić information content (AvgIpc) is 2.72.